The van der Waals surface area contributed by atoms with Gasteiger partial charge in [-0.1, -0.05) is 0 Å². The van der Waals surface area contributed by atoms with Crippen LogP contribution in [0, 0.1) is 0 Å². The van der Waals surface area contributed by atoms with Crippen LogP contribution in [-0.4, -0.2) is 60.9 Å². The first kappa shape index (κ1) is 16.1. The van der Waals surface area contributed by atoms with E-state index in [4.69, 9.17) is 14.0 Å². The van der Waals surface area contributed by atoms with E-state index < -0.39 is 32.0 Å². The van der Waals surface area contributed by atoms with Gasteiger partial charge in [-0.05, 0) is 13.8 Å². The Labute approximate surface area is 108 Å². The molecule has 1 fully saturated rings. The van der Waals surface area contributed by atoms with Crippen LogP contribution in [0.1, 0.15) is 20.3 Å². The van der Waals surface area contributed by atoms with E-state index in [1.165, 1.54) is 13.3 Å². The smallest absolute Gasteiger partial charge is 0.197 e. The van der Waals surface area contributed by atoms with E-state index in [0.29, 0.717) is 0 Å². The summed E-state index contributed by atoms with van der Waals surface area (Å²) in [4.78, 5) is 0. The van der Waals surface area contributed by atoms with Crippen molar-refractivity contribution in [1.29, 1.82) is 0 Å². The van der Waals surface area contributed by atoms with E-state index in [-0.39, 0.29) is 19.1 Å². The van der Waals surface area contributed by atoms with Gasteiger partial charge in [0.2, 0.25) is 0 Å². The first-order valence-corrected chi connectivity index (χ1v) is 8.57. The van der Waals surface area contributed by atoms with Crippen LogP contribution in [0.15, 0.2) is 0 Å². The van der Waals surface area contributed by atoms with E-state index >= 15 is 0 Å². The van der Waals surface area contributed by atoms with E-state index in [1.807, 2.05) is 13.8 Å². The lowest BCUT2D eigenvalue weighted by Crippen LogP contribution is -2.51. The summed E-state index contributed by atoms with van der Waals surface area (Å²) >= 11 is 0. The van der Waals surface area contributed by atoms with Crippen molar-refractivity contribution >= 4 is 7.37 Å². The van der Waals surface area contributed by atoms with Crippen LogP contribution in [0.2, 0.25) is 0 Å². The van der Waals surface area contributed by atoms with Gasteiger partial charge in [-0.2, -0.15) is 0 Å². The zero-order valence-corrected chi connectivity index (χ0v) is 12.2. The number of ether oxygens (including phenoxy) is 2. The average molecular weight is 282 g/mol. The molecular formula is C11H23O6P. The minimum absolute atomic E-state index is 0.117. The molecule has 2 N–H and O–H groups in total. The third-order valence-electron chi connectivity index (χ3n) is 2.48. The lowest BCUT2D eigenvalue weighted by molar-refractivity contribution is -0.279. The van der Waals surface area contributed by atoms with Crippen molar-refractivity contribution in [1.82, 2.24) is 0 Å². The van der Waals surface area contributed by atoms with Crippen LogP contribution < -0.4 is 0 Å². The highest BCUT2D eigenvalue weighted by molar-refractivity contribution is 7.57. The maximum absolute atomic E-state index is 11.4. The molecule has 1 saturated heterocycles. The van der Waals surface area contributed by atoms with E-state index in [2.05, 4.69) is 0 Å². The molecule has 1 rings (SSSR count). The second-order valence-corrected chi connectivity index (χ2v) is 7.92. The van der Waals surface area contributed by atoms with Crippen molar-refractivity contribution < 1.29 is 28.8 Å². The normalized spacial score (nSPS) is 33.9. The van der Waals surface area contributed by atoms with Gasteiger partial charge in [-0.15, -0.1) is 0 Å². The molecule has 7 heteroatoms. The highest BCUT2D eigenvalue weighted by Gasteiger charge is 2.38. The molecule has 4 atom stereocenters. The number of hydrogen-bond donors (Lipinski definition) is 2. The molecule has 0 aliphatic carbocycles. The van der Waals surface area contributed by atoms with Gasteiger partial charge >= 0.3 is 0 Å². The highest BCUT2D eigenvalue weighted by Crippen LogP contribution is 2.38. The largest absolute Gasteiger partial charge is 0.390 e. The summed E-state index contributed by atoms with van der Waals surface area (Å²) in [6.45, 7) is 6.78. The molecule has 0 aromatic heterocycles. The van der Waals surface area contributed by atoms with Crippen LogP contribution in [0.5, 0.6) is 0 Å². The number of aliphatic hydroxyl groups excluding tert-OH is 2. The van der Waals surface area contributed by atoms with E-state index in [0.717, 1.165) is 0 Å². The molecule has 0 bridgehead atoms. The van der Waals surface area contributed by atoms with Crippen LogP contribution in [-0.2, 0) is 18.6 Å². The van der Waals surface area contributed by atoms with Crippen molar-refractivity contribution in [2.24, 2.45) is 0 Å². The summed E-state index contributed by atoms with van der Waals surface area (Å²) in [6, 6.07) is 0. The van der Waals surface area contributed by atoms with Crippen LogP contribution >= 0.6 is 7.37 Å². The van der Waals surface area contributed by atoms with Crippen molar-refractivity contribution in [2.75, 3.05) is 19.9 Å². The fraction of sp³-hybridized carbons (Fsp3) is 1.00. The highest BCUT2D eigenvalue weighted by atomic mass is 31.2. The number of rotatable bonds is 5. The Morgan fingerprint density at radius 2 is 2.00 bits per heavy atom. The van der Waals surface area contributed by atoms with E-state index in [1.54, 1.807) is 0 Å². The average Bonchev–Trinajstić information content (AvgIpc) is 2.20. The van der Waals surface area contributed by atoms with Crippen molar-refractivity contribution in [3.8, 4) is 0 Å². The first-order chi connectivity index (χ1) is 8.19. The predicted octanol–water partition coefficient (Wildman–Crippen LogP) is 0.802. The molecule has 0 unspecified atom stereocenters. The zero-order valence-electron chi connectivity index (χ0n) is 11.3. The molecular weight excluding hydrogens is 259 g/mol. The SMILES string of the molecule is CC(C)O[C@@H]1O[C@H](COP(C)(C)=O)C[C@@H](O)[C@H]1O. The third kappa shape index (κ3) is 5.34. The summed E-state index contributed by atoms with van der Waals surface area (Å²) in [5.74, 6) is 0. The number of hydrogen-bond acceptors (Lipinski definition) is 6. The maximum Gasteiger partial charge on any atom is 0.197 e. The Hall–Kier alpha value is 0.0300. The van der Waals surface area contributed by atoms with Crippen LogP contribution in [0.25, 0.3) is 0 Å². The molecule has 0 aromatic rings. The van der Waals surface area contributed by atoms with Gasteiger partial charge in [-0.25, -0.2) is 0 Å². The predicted molar refractivity (Wildman–Crippen MR) is 66.9 cm³/mol. The minimum Gasteiger partial charge on any atom is -0.390 e. The van der Waals surface area contributed by atoms with Crippen molar-refractivity contribution in [3.05, 3.63) is 0 Å². The molecule has 0 radical (unpaired) electrons. The van der Waals surface area contributed by atoms with Gasteiger partial charge in [0.1, 0.15) is 6.10 Å². The molecule has 1 aliphatic heterocycles. The van der Waals surface area contributed by atoms with Gasteiger partial charge in [0.05, 0.1) is 24.9 Å². The minimum atomic E-state index is -2.58. The van der Waals surface area contributed by atoms with Crippen molar-refractivity contribution in [3.63, 3.8) is 0 Å². The molecule has 0 aromatic carbocycles. The zero-order chi connectivity index (χ0) is 13.9. The Balaban J connectivity index is 2.53. The van der Waals surface area contributed by atoms with Crippen LogP contribution in [0.4, 0.5) is 0 Å². The lowest BCUT2D eigenvalue weighted by atomic mass is 10.0. The number of aliphatic hydroxyl groups is 2. The molecule has 6 nitrogen and oxygen atoms in total. The molecule has 1 aliphatic rings. The first-order valence-electron chi connectivity index (χ1n) is 6.05. The Morgan fingerprint density at radius 3 is 2.50 bits per heavy atom. The third-order valence-corrected chi connectivity index (χ3v) is 3.25. The molecule has 0 saturated carbocycles. The van der Waals surface area contributed by atoms with E-state index in [9.17, 15) is 14.8 Å². The topological polar surface area (TPSA) is 85.2 Å². The molecule has 108 valence electrons. The summed E-state index contributed by atoms with van der Waals surface area (Å²) in [7, 11) is -2.58. The fourth-order valence-corrected chi connectivity index (χ4v) is 2.19. The molecule has 1 heterocycles. The second-order valence-electron chi connectivity index (χ2n) is 5.15. The summed E-state index contributed by atoms with van der Waals surface area (Å²) < 4.78 is 27.5. The second kappa shape index (κ2) is 6.46. The monoisotopic (exact) mass is 282 g/mol. The standard InChI is InChI=1S/C11H23O6P/c1-7(2)16-11-10(13)9(12)5-8(17-11)6-15-18(3,4)14/h7-13H,5-6H2,1-4H3/t8-,9+,10+,11+/m0/s1. The molecule has 0 spiro atoms. The van der Waals surface area contributed by atoms with Gasteiger partial charge in [0.25, 0.3) is 0 Å². The lowest BCUT2D eigenvalue weighted by Gasteiger charge is -2.37. The quantitative estimate of drug-likeness (QED) is 0.726. The van der Waals surface area contributed by atoms with Gasteiger partial charge in [-0.3, -0.25) is 4.57 Å². The van der Waals surface area contributed by atoms with Crippen molar-refractivity contribution in [2.45, 2.75) is 51.0 Å². The maximum atomic E-state index is 11.4. The molecule has 0 amide bonds. The summed E-state index contributed by atoms with van der Waals surface area (Å²) in [5.41, 5.74) is 0. The molecule has 18 heavy (non-hydrogen) atoms. The summed E-state index contributed by atoms with van der Waals surface area (Å²) in [6.07, 6.45) is -3.20. The van der Waals surface area contributed by atoms with Gasteiger partial charge in [0, 0.05) is 19.8 Å². The van der Waals surface area contributed by atoms with Gasteiger partial charge < -0.3 is 24.2 Å². The van der Waals surface area contributed by atoms with Crippen LogP contribution in [0.3, 0.4) is 0 Å². The fourth-order valence-electron chi connectivity index (χ4n) is 1.67. The summed E-state index contributed by atoms with van der Waals surface area (Å²) in [5, 5.41) is 19.5. The Bertz CT molecular complexity index is 302. The Morgan fingerprint density at radius 1 is 1.39 bits per heavy atom. The Kier molecular flexibility index (Phi) is 5.77. The van der Waals surface area contributed by atoms with Gasteiger partial charge in [0.15, 0.2) is 13.7 Å².